The lowest BCUT2D eigenvalue weighted by Crippen LogP contribution is -2.08. The van der Waals surface area contributed by atoms with Crippen molar-refractivity contribution in [3.63, 3.8) is 0 Å². The number of benzene rings is 2. The molecule has 3 N–H and O–H groups in total. The summed E-state index contributed by atoms with van der Waals surface area (Å²) in [4.78, 5) is 12.2. The summed E-state index contributed by atoms with van der Waals surface area (Å²) < 4.78 is 10.8. The number of hydrogen-bond donors (Lipinski definition) is 2. The summed E-state index contributed by atoms with van der Waals surface area (Å²) >= 11 is 3.00. The van der Waals surface area contributed by atoms with Crippen LogP contribution in [0.2, 0.25) is 0 Å². The number of rotatable bonds is 7. The predicted octanol–water partition coefficient (Wildman–Crippen LogP) is 5.34. The molecule has 0 saturated carbocycles. The van der Waals surface area contributed by atoms with Crippen LogP contribution in [0.25, 0.3) is 21.1 Å². The Bertz CT molecular complexity index is 1190. The molecule has 7 nitrogen and oxygen atoms in total. The van der Waals surface area contributed by atoms with E-state index < -0.39 is 0 Å². The molecule has 0 amide bonds. The van der Waals surface area contributed by atoms with Crippen LogP contribution >= 0.6 is 22.7 Å². The Kier molecular flexibility index (Phi) is 5.97. The topological polar surface area (TPSA) is 85.5 Å². The highest BCUT2D eigenvalue weighted by atomic mass is 32.1. The van der Waals surface area contributed by atoms with Crippen LogP contribution in [-0.2, 0) is 0 Å². The van der Waals surface area contributed by atoms with Crippen LogP contribution in [0.3, 0.4) is 0 Å². The lowest BCUT2D eigenvalue weighted by molar-refractivity contribution is 0.404. The van der Waals surface area contributed by atoms with Crippen LogP contribution in [0.15, 0.2) is 47.8 Å². The molecular formula is C22H23N5O2S2. The molecule has 31 heavy (non-hydrogen) atoms. The van der Waals surface area contributed by atoms with Crippen molar-refractivity contribution in [1.29, 1.82) is 0 Å². The molecule has 0 aliphatic rings. The molecule has 0 aliphatic heterocycles. The van der Waals surface area contributed by atoms with Crippen molar-refractivity contribution in [3.8, 4) is 32.6 Å². The van der Waals surface area contributed by atoms with E-state index in [1.54, 1.807) is 14.2 Å². The molecule has 2 aromatic carbocycles. The average Bonchev–Trinajstić information content (AvgIpc) is 3.40. The van der Waals surface area contributed by atoms with E-state index in [0.29, 0.717) is 5.82 Å². The van der Waals surface area contributed by atoms with Gasteiger partial charge in [0, 0.05) is 36.4 Å². The first-order chi connectivity index (χ1) is 15.0. The second-order valence-corrected chi connectivity index (χ2v) is 8.76. The SMILES string of the molecule is COc1ccc(OC)c(-c2csc(-c3sc(Nc4ccc(N(C)C)cc4)nc3N)n2)c1. The van der Waals surface area contributed by atoms with Crippen LogP contribution in [0.1, 0.15) is 0 Å². The largest absolute Gasteiger partial charge is 0.497 e. The molecule has 0 unspecified atom stereocenters. The van der Waals surface area contributed by atoms with Crippen molar-refractivity contribution >= 4 is 45.0 Å². The normalized spacial score (nSPS) is 10.7. The van der Waals surface area contributed by atoms with Gasteiger partial charge in [0.25, 0.3) is 0 Å². The third-order valence-electron chi connectivity index (χ3n) is 4.67. The van der Waals surface area contributed by atoms with Crippen LogP contribution in [-0.4, -0.2) is 38.3 Å². The monoisotopic (exact) mass is 453 g/mol. The highest BCUT2D eigenvalue weighted by Gasteiger charge is 2.17. The summed E-state index contributed by atoms with van der Waals surface area (Å²) in [5, 5.41) is 6.84. The Morgan fingerprint density at radius 1 is 1.00 bits per heavy atom. The van der Waals surface area contributed by atoms with E-state index in [9.17, 15) is 0 Å². The van der Waals surface area contributed by atoms with Gasteiger partial charge in [0.2, 0.25) is 0 Å². The highest BCUT2D eigenvalue weighted by molar-refractivity contribution is 7.23. The molecule has 0 aliphatic carbocycles. The Morgan fingerprint density at radius 2 is 1.77 bits per heavy atom. The van der Waals surface area contributed by atoms with E-state index in [4.69, 9.17) is 20.2 Å². The summed E-state index contributed by atoms with van der Waals surface area (Å²) in [7, 11) is 7.31. The number of nitrogens with zero attached hydrogens (tertiary/aromatic N) is 3. The second-order valence-electron chi connectivity index (χ2n) is 6.90. The van der Waals surface area contributed by atoms with Crippen molar-refractivity contribution in [3.05, 3.63) is 47.8 Å². The van der Waals surface area contributed by atoms with E-state index in [1.165, 1.54) is 22.7 Å². The third kappa shape index (κ3) is 4.42. The number of nitrogens with two attached hydrogens (primary N) is 1. The number of methoxy groups -OCH3 is 2. The number of anilines is 4. The first kappa shape index (κ1) is 21.0. The van der Waals surface area contributed by atoms with E-state index in [1.807, 2.05) is 49.8 Å². The summed E-state index contributed by atoms with van der Waals surface area (Å²) in [6.45, 7) is 0. The van der Waals surface area contributed by atoms with Gasteiger partial charge < -0.3 is 25.4 Å². The number of ether oxygens (including phenoxy) is 2. The van der Waals surface area contributed by atoms with Gasteiger partial charge >= 0.3 is 0 Å². The molecular weight excluding hydrogens is 430 g/mol. The number of aromatic nitrogens is 2. The van der Waals surface area contributed by atoms with Crippen LogP contribution < -0.4 is 25.4 Å². The molecule has 0 atom stereocenters. The minimum atomic E-state index is 0.455. The molecule has 0 bridgehead atoms. The Morgan fingerprint density at radius 3 is 2.45 bits per heavy atom. The fraction of sp³-hybridized carbons (Fsp3) is 0.182. The molecule has 0 spiro atoms. The van der Waals surface area contributed by atoms with Crippen LogP contribution in [0.5, 0.6) is 11.5 Å². The lowest BCUT2D eigenvalue weighted by Gasteiger charge is -2.12. The lowest BCUT2D eigenvalue weighted by atomic mass is 10.1. The Labute approximate surface area is 189 Å². The summed E-state index contributed by atoms with van der Waals surface area (Å²) in [5.41, 5.74) is 9.97. The average molecular weight is 454 g/mol. The van der Waals surface area contributed by atoms with Gasteiger partial charge in [-0.1, -0.05) is 11.3 Å². The van der Waals surface area contributed by atoms with Gasteiger partial charge in [-0.25, -0.2) is 9.97 Å². The van der Waals surface area contributed by atoms with Gasteiger partial charge in [-0.05, 0) is 42.5 Å². The summed E-state index contributed by atoms with van der Waals surface area (Å²) in [5.74, 6) is 1.93. The van der Waals surface area contributed by atoms with Gasteiger partial charge in [0.05, 0.1) is 19.9 Å². The van der Waals surface area contributed by atoms with Gasteiger partial charge in [-0.2, -0.15) is 0 Å². The van der Waals surface area contributed by atoms with Gasteiger partial charge in [0.15, 0.2) is 5.13 Å². The minimum absolute atomic E-state index is 0.455. The Hall–Kier alpha value is -3.30. The molecule has 0 saturated heterocycles. The van der Waals surface area contributed by atoms with Gasteiger partial charge in [-0.3, -0.25) is 0 Å². The number of nitrogens with one attached hydrogen (secondary N) is 1. The maximum absolute atomic E-state index is 6.22. The number of nitrogen functional groups attached to an aromatic ring is 1. The standard InChI is InChI=1S/C22H23N5O2S2/c1-27(2)14-7-5-13(6-8-14)24-22-26-20(23)19(31-22)21-25-17(12-30-21)16-11-15(28-3)9-10-18(16)29-4/h5-12H,23H2,1-4H3,(H,24,26). The van der Waals surface area contributed by atoms with E-state index in [0.717, 1.165) is 49.1 Å². The van der Waals surface area contributed by atoms with E-state index in [2.05, 4.69) is 27.3 Å². The molecule has 0 radical (unpaired) electrons. The van der Waals surface area contributed by atoms with Crippen molar-refractivity contribution in [2.75, 3.05) is 44.3 Å². The van der Waals surface area contributed by atoms with Crippen LogP contribution in [0, 0.1) is 0 Å². The zero-order valence-corrected chi connectivity index (χ0v) is 19.3. The van der Waals surface area contributed by atoms with Gasteiger partial charge in [0.1, 0.15) is 27.2 Å². The third-order valence-corrected chi connectivity index (χ3v) is 6.65. The van der Waals surface area contributed by atoms with E-state index >= 15 is 0 Å². The predicted molar refractivity (Wildman–Crippen MR) is 130 cm³/mol. The summed E-state index contributed by atoms with van der Waals surface area (Å²) in [6, 6.07) is 13.8. The van der Waals surface area contributed by atoms with Crippen LogP contribution in [0.4, 0.5) is 22.3 Å². The molecule has 9 heteroatoms. The molecule has 160 valence electrons. The quantitative estimate of drug-likeness (QED) is 0.390. The molecule has 4 rings (SSSR count). The Balaban J connectivity index is 1.59. The smallest absolute Gasteiger partial charge is 0.189 e. The van der Waals surface area contributed by atoms with Crippen molar-refractivity contribution in [2.24, 2.45) is 0 Å². The summed E-state index contributed by atoms with van der Waals surface area (Å²) in [6.07, 6.45) is 0. The zero-order valence-electron chi connectivity index (χ0n) is 17.7. The number of hydrogen-bond acceptors (Lipinski definition) is 9. The van der Waals surface area contributed by atoms with Crippen molar-refractivity contribution < 1.29 is 9.47 Å². The molecule has 0 fully saturated rings. The fourth-order valence-corrected chi connectivity index (χ4v) is 4.85. The van der Waals surface area contributed by atoms with Gasteiger partial charge in [-0.15, -0.1) is 11.3 Å². The molecule has 2 aromatic heterocycles. The van der Waals surface area contributed by atoms with Crippen molar-refractivity contribution in [1.82, 2.24) is 9.97 Å². The maximum atomic E-state index is 6.22. The molecule has 4 aromatic rings. The maximum Gasteiger partial charge on any atom is 0.189 e. The minimum Gasteiger partial charge on any atom is -0.497 e. The highest BCUT2D eigenvalue weighted by Crippen LogP contribution is 2.41. The second kappa shape index (κ2) is 8.83. The first-order valence-corrected chi connectivity index (χ1v) is 11.2. The fourth-order valence-electron chi connectivity index (χ4n) is 3.02. The first-order valence-electron chi connectivity index (χ1n) is 9.47. The molecule has 2 heterocycles. The van der Waals surface area contributed by atoms with Crippen molar-refractivity contribution in [2.45, 2.75) is 0 Å². The zero-order chi connectivity index (χ0) is 22.0. The number of thiazole rings is 2. The van der Waals surface area contributed by atoms with E-state index in [-0.39, 0.29) is 0 Å².